The molecule has 19 nitrogen and oxygen atoms in total. The molecular formula is C68H71BBrClN12O7. The largest absolute Gasteiger partial charge is 0.495 e. The zero-order valence-electron chi connectivity index (χ0n) is 49.8. The van der Waals surface area contributed by atoms with Gasteiger partial charge in [0.05, 0.1) is 50.1 Å². The van der Waals surface area contributed by atoms with Crippen LogP contribution in [0.25, 0.3) is 33.8 Å². The lowest BCUT2D eigenvalue weighted by atomic mass is 9.79. The minimum absolute atomic E-state index is 0.0644. The number of hydrogen-bond acceptors (Lipinski definition) is 16. The van der Waals surface area contributed by atoms with Crippen LogP contribution >= 0.6 is 27.5 Å². The second-order valence-electron chi connectivity index (χ2n) is 21.7. The van der Waals surface area contributed by atoms with Crippen molar-refractivity contribution in [1.29, 1.82) is 0 Å². The number of benzene rings is 5. The molecule has 1 amide bonds. The first kappa shape index (κ1) is 65.2. The lowest BCUT2D eigenvalue weighted by molar-refractivity contribution is -0.384. The third kappa shape index (κ3) is 18.4. The predicted molar refractivity (Wildman–Crippen MR) is 365 cm³/mol. The first-order valence-electron chi connectivity index (χ1n) is 30.1. The molecule has 0 atom stereocenters. The van der Waals surface area contributed by atoms with Gasteiger partial charge in [-0.05, 0) is 152 Å². The average molecular weight is 1290 g/mol. The Bertz CT molecular complexity index is 3830. The first-order chi connectivity index (χ1) is 43.8. The van der Waals surface area contributed by atoms with Gasteiger partial charge in [-0.2, -0.15) is 0 Å². The number of nitrogens with zero attached hydrogens (tertiary/aromatic N) is 10. The highest BCUT2D eigenvalue weighted by atomic mass is 79.9. The zero-order chi connectivity index (χ0) is 63.2. The van der Waals surface area contributed by atoms with E-state index in [1.54, 1.807) is 30.3 Å². The van der Waals surface area contributed by atoms with Crippen molar-refractivity contribution in [3.8, 4) is 33.8 Å². The van der Waals surface area contributed by atoms with Gasteiger partial charge in [-0.15, -0.1) is 0 Å². The molecule has 462 valence electrons. The van der Waals surface area contributed by atoms with Gasteiger partial charge >= 0.3 is 7.12 Å². The van der Waals surface area contributed by atoms with Crippen molar-refractivity contribution in [3.63, 3.8) is 0 Å². The molecule has 4 aliphatic heterocycles. The summed E-state index contributed by atoms with van der Waals surface area (Å²) in [5.41, 5.74) is 13.2. The number of pyridine rings is 4. The van der Waals surface area contributed by atoms with E-state index in [1.165, 1.54) is 81.7 Å². The molecule has 22 heteroatoms. The number of nitro benzene ring substituents is 2. The molecule has 8 heterocycles. The summed E-state index contributed by atoms with van der Waals surface area (Å²) in [4.78, 5) is 60.7. The minimum Gasteiger partial charge on any atom is -0.423 e. The molecule has 5 N–H and O–H groups in total. The number of carbonyl (C=O) groups is 1. The van der Waals surface area contributed by atoms with Crippen molar-refractivity contribution >= 4 is 92.0 Å². The van der Waals surface area contributed by atoms with Crippen LogP contribution in [-0.2, 0) is 11.2 Å². The van der Waals surface area contributed by atoms with E-state index in [2.05, 4.69) is 75.1 Å². The highest BCUT2D eigenvalue weighted by molar-refractivity contribution is 9.10. The summed E-state index contributed by atoms with van der Waals surface area (Å²) >= 11 is 9.29. The average Bonchev–Trinajstić information content (AvgIpc) is 2.92. The maximum Gasteiger partial charge on any atom is 0.495 e. The van der Waals surface area contributed by atoms with Gasteiger partial charge in [-0.1, -0.05) is 115 Å². The van der Waals surface area contributed by atoms with Gasteiger partial charge in [0.25, 0.3) is 11.4 Å². The van der Waals surface area contributed by atoms with Crippen molar-refractivity contribution in [3.05, 3.63) is 230 Å². The Morgan fingerprint density at radius 1 is 0.489 bits per heavy atom. The molecule has 0 aliphatic carbocycles. The van der Waals surface area contributed by atoms with Gasteiger partial charge in [0.2, 0.25) is 5.91 Å². The monoisotopic (exact) mass is 1290 g/mol. The van der Waals surface area contributed by atoms with E-state index >= 15 is 0 Å². The van der Waals surface area contributed by atoms with Crippen LogP contribution in [-0.4, -0.2) is 105 Å². The number of nitrogen functional groups attached to an aromatic ring is 1. The number of nitrogens with two attached hydrogens (primary N) is 1. The molecule has 13 rings (SSSR count). The number of halogens is 2. The molecule has 4 saturated heterocycles. The summed E-state index contributed by atoms with van der Waals surface area (Å²) in [6, 6.07) is 59.2. The minimum atomic E-state index is -1.80. The number of para-hydroxylation sites is 4. The highest BCUT2D eigenvalue weighted by Crippen LogP contribution is 2.32. The van der Waals surface area contributed by atoms with E-state index in [1.807, 2.05) is 109 Å². The summed E-state index contributed by atoms with van der Waals surface area (Å²) in [6.07, 6.45) is 10.2. The molecule has 4 fully saturated rings. The van der Waals surface area contributed by atoms with E-state index in [0.29, 0.717) is 22.7 Å². The van der Waals surface area contributed by atoms with Gasteiger partial charge in [0, 0.05) is 86.3 Å². The number of rotatable bonds is 13. The van der Waals surface area contributed by atoms with Crippen molar-refractivity contribution in [1.82, 2.24) is 19.9 Å². The summed E-state index contributed by atoms with van der Waals surface area (Å²) in [5, 5.41) is 42.5. The Hall–Kier alpha value is -9.28. The van der Waals surface area contributed by atoms with Gasteiger partial charge in [0.15, 0.2) is 0 Å². The lowest BCUT2D eigenvalue weighted by Gasteiger charge is -2.18. The first-order valence-corrected chi connectivity index (χ1v) is 31.3. The molecule has 0 bridgehead atoms. The second-order valence-corrected chi connectivity index (χ2v) is 22.9. The Morgan fingerprint density at radius 3 is 1.33 bits per heavy atom. The maximum atomic E-state index is 12.6. The van der Waals surface area contributed by atoms with E-state index in [9.17, 15) is 25.0 Å². The molecule has 5 aromatic carbocycles. The molecule has 4 aliphatic rings. The summed E-state index contributed by atoms with van der Waals surface area (Å²) < 4.78 is 0.923. The Morgan fingerprint density at radius 2 is 0.878 bits per heavy atom. The lowest BCUT2D eigenvalue weighted by Crippen LogP contribution is -2.31. The molecule has 0 radical (unpaired) electrons. The highest BCUT2D eigenvalue weighted by Gasteiger charge is 2.23. The van der Waals surface area contributed by atoms with E-state index in [4.69, 9.17) is 37.4 Å². The number of amides is 1. The van der Waals surface area contributed by atoms with Gasteiger partial charge in [-0.25, -0.2) is 19.9 Å². The Kier molecular flexibility index (Phi) is 23.8. The predicted octanol–water partition coefficient (Wildman–Crippen LogP) is 13.1. The zero-order valence-corrected chi connectivity index (χ0v) is 52.2. The molecule has 0 saturated carbocycles. The third-order valence-electron chi connectivity index (χ3n) is 15.4. The fourth-order valence-corrected chi connectivity index (χ4v) is 11.3. The number of nitrogens with one attached hydrogen (secondary N) is 1. The third-order valence-corrected chi connectivity index (χ3v) is 16.1. The van der Waals surface area contributed by atoms with Gasteiger partial charge in [-0.3, -0.25) is 25.0 Å². The Balaban J connectivity index is 0.000000138. The number of hydrogen-bond donors (Lipinski definition) is 4. The normalized spacial score (nSPS) is 14.0. The van der Waals surface area contributed by atoms with Gasteiger partial charge in [0.1, 0.15) is 27.9 Å². The quantitative estimate of drug-likeness (QED) is 0.0275. The number of aromatic nitrogens is 4. The fourth-order valence-electron chi connectivity index (χ4n) is 10.9. The van der Waals surface area contributed by atoms with Crippen LogP contribution in [0.15, 0.2) is 199 Å². The molecule has 4 aromatic heterocycles. The molecule has 0 spiro atoms. The topological polar surface area (TPSA) is 246 Å². The second kappa shape index (κ2) is 32.8. The van der Waals surface area contributed by atoms with E-state index < -0.39 is 12.0 Å². The molecule has 0 unspecified atom stereocenters. The fraction of sp³-hybridized carbons (Fsp3) is 0.250. The van der Waals surface area contributed by atoms with Crippen molar-refractivity contribution in [2.24, 2.45) is 0 Å². The van der Waals surface area contributed by atoms with Gasteiger partial charge < -0.3 is 40.7 Å². The van der Waals surface area contributed by atoms with Crippen molar-refractivity contribution < 1.29 is 24.7 Å². The standard InChI is InChI=1S/C23H22ClN3O.C15H15N3O2.C15H17N3.C9H11BrN2.C6H6BNO4/c24-18-12-10-17(11-13-18)16-23(28)26-21-7-2-1-6-19(21)20-8-5-9-22(25-20)27-14-3-4-15-27;19-18(20)14-8-2-1-6-12(14)13-7-5-9-15(16-13)17-10-3-4-11-17;16-13-7-2-1-6-12(13)14-8-5-9-15(17-14)18-10-3-4-11-18;10-8-4-3-5-9(11-8)12-6-1-2-7-12;9-7(10)5-3-1-2-4-6(5)8(11)12/h1-2,5-13H,3-4,14-16H2,(H,26,28);1-2,5-9H,3-4,10-11H2;1-2,5-9H,3-4,10-11,16H2;3-5H,1-2,6-7H2;1-4,9-10H. The number of nitro groups is 2. The molecule has 9 aromatic rings. The van der Waals surface area contributed by atoms with Crippen molar-refractivity contribution in [2.45, 2.75) is 57.8 Å². The molecule has 90 heavy (non-hydrogen) atoms. The van der Waals surface area contributed by atoms with Crippen LogP contribution in [0.4, 0.5) is 46.0 Å². The number of anilines is 6. The summed E-state index contributed by atoms with van der Waals surface area (Å²) in [5.74, 6) is 4.00. The summed E-state index contributed by atoms with van der Waals surface area (Å²) in [6.45, 7) is 8.65. The van der Waals surface area contributed by atoms with E-state index in [0.717, 1.165) is 120 Å². The number of carbonyl (C=O) groups excluding carboxylic acids is 1. The smallest absolute Gasteiger partial charge is 0.423 e. The molecular weight excluding hydrogens is 1220 g/mol. The van der Waals surface area contributed by atoms with Crippen molar-refractivity contribution in [2.75, 3.05) is 83.0 Å². The maximum absolute atomic E-state index is 12.6. The van der Waals surface area contributed by atoms with Crippen LogP contribution in [0.5, 0.6) is 0 Å². The van der Waals surface area contributed by atoms with Crippen LogP contribution < -0.4 is 36.1 Å². The van der Waals surface area contributed by atoms with Crippen LogP contribution in [0, 0.1) is 20.2 Å². The van der Waals surface area contributed by atoms with Crippen LogP contribution in [0.3, 0.4) is 0 Å². The summed E-state index contributed by atoms with van der Waals surface area (Å²) in [7, 11) is -1.80. The van der Waals surface area contributed by atoms with Crippen LogP contribution in [0.1, 0.15) is 56.9 Å². The Labute approximate surface area is 537 Å². The SMILES string of the molecule is Brc1cccc(N2CCCC2)n1.Nc1ccccc1-c1cccc(N2CCCC2)n1.O=C(Cc1ccc(Cl)cc1)Nc1ccccc1-c1cccc(N2CCCC2)n1.O=[N+]([O-])c1ccccc1-c1cccc(N2CCCC2)n1.O=[N+]([O-])c1ccccc1B(O)O. The van der Waals surface area contributed by atoms with E-state index in [-0.39, 0.29) is 27.7 Å². The van der Waals surface area contributed by atoms with Crippen LogP contribution in [0.2, 0.25) is 5.02 Å².